The Hall–Kier alpha value is -3.68. The van der Waals surface area contributed by atoms with E-state index in [1.54, 1.807) is 0 Å². The van der Waals surface area contributed by atoms with Gasteiger partial charge in [0, 0.05) is 0 Å². The van der Waals surface area contributed by atoms with Crippen molar-refractivity contribution in [2.75, 3.05) is 66.1 Å². The van der Waals surface area contributed by atoms with Crippen LogP contribution in [0.2, 0.25) is 0 Å². The van der Waals surface area contributed by atoms with E-state index in [1.165, 1.54) is 22.3 Å². The maximum Gasteiger partial charge on any atom is 0.119 e. The molecule has 0 aromatic heterocycles. The molecule has 0 saturated carbocycles. The fraction of sp³-hybridized carbons (Fsp3) is 0.294. The van der Waals surface area contributed by atoms with Crippen molar-refractivity contribution in [3.8, 4) is 33.8 Å². The largest absolute Gasteiger partial charge is 0.491 e. The molecule has 4 aromatic carbocycles. The summed E-state index contributed by atoms with van der Waals surface area (Å²) in [5.41, 5.74) is 4.73. The predicted molar refractivity (Wildman–Crippen MR) is 158 cm³/mol. The Morgan fingerprint density at radius 1 is 0.275 bits per heavy atom. The summed E-state index contributed by atoms with van der Waals surface area (Å²) in [5.74, 6) is 1.67. The van der Waals surface area contributed by atoms with Gasteiger partial charge in [0.15, 0.2) is 0 Å². The Bertz CT molecular complexity index is 1080. The predicted octanol–water partition coefficient (Wildman–Crippen LogP) is 6.54. The summed E-state index contributed by atoms with van der Waals surface area (Å²) in [6.07, 6.45) is 0. The lowest BCUT2D eigenvalue weighted by Crippen LogP contribution is -2.14. The van der Waals surface area contributed by atoms with Crippen LogP contribution >= 0.6 is 0 Å². The second kappa shape index (κ2) is 17.8. The molecule has 4 rings (SSSR count). The van der Waals surface area contributed by atoms with Crippen molar-refractivity contribution in [3.63, 3.8) is 0 Å². The zero-order valence-electron chi connectivity index (χ0n) is 22.9. The van der Waals surface area contributed by atoms with Crippen molar-refractivity contribution < 1.29 is 28.4 Å². The quantitative estimate of drug-likeness (QED) is 0.125. The van der Waals surface area contributed by atoms with Crippen molar-refractivity contribution in [3.05, 3.63) is 109 Å². The highest BCUT2D eigenvalue weighted by molar-refractivity contribution is 5.64. The highest BCUT2D eigenvalue weighted by Gasteiger charge is 2.00. The molecule has 4 aromatic rings. The number of ether oxygens (including phenoxy) is 6. The van der Waals surface area contributed by atoms with Crippen LogP contribution in [0.4, 0.5) is 0 Å². The molecule has 0 aliphatic carbocycles. The second-order valence-electron chi connectivity index (χ2n) is 8.93. The zero-order valence-corrected chi connectivity index (χ0v) is 22.9. The molecule has 0 bridgehead atoms. The van der Waals surface area contributed by atoms with Gasteiger partial charge in [-0.15, -0.1) is 0 Å². The van der Waals surface area contributed by atoms with Crippen LogP contribution in [0, 0.1) is 0 Å². The maximum absolute atomic E-state index is 5.74. The van der Waals surface area contributed by atoms with E-state index in [-0.39, 0.29) is 0 Å². The van der Waals surface area contributed by atoms with Crippen LogP contribution in [0.5, 0.6) is 11.5 Å². The van der Waals surface area contributed by atoms with Crippen LogP contribution in [0.15, 0.2) is 109 Å². The van der Waals surface area contributed by atoms with Gasteiger partial charge in [-0.1, -0.05) is 84.9 Å². The number of rotatable bonds is 19. The van der Waals surface area contributed by atoms with Gasteiger partial charge in [0.2, 0.25) is 0 Å². The Balaban J connectivity index is 0.903. The van der Waals surface area contributed by atoms with Crippen LogP contribution in [0.1, 0.15) is 0 Å². The molecule has 0 radical (unpaired) electrons. The molecule has 40 heavy (non-hydrogen) atoms. The van der Waals surface area contributed by atoms with E-state index in [0.29, 0.717) is 66.1 Å². The van der Waals surface area contributed by atoms with Crippen LogP contribution in [-0.2, 0) is 18.9 Å². The van der Waals surface area contributed by atoms with E-state index >= 15 is 0 Å². The van der Waals surface area contributed by atoms with Crippen LogP contribution in [0.25, 0.3) is 22.3 Å². The van der Waals surface area contributed by atoms with Crippen molar-refractivity contribution in [2.45, 2.75) is 0 Å². The molecule has 0 amide bonds. The first-order chi connectivity index (χ1) is 19.9. The molecule has 0 spiro atoms. The third-order valence-corrected chi connectivity index (χ3v) is 6.03. The van der Waals surface area contributed by atoms with Gasteiger partial charge in [-0.25, -0.2) is 0 Å². The van der Waals surface area contributed by atoms with E-state index in [4.69, 9.17) is 28.4 Å². The minimum absolute atomic E-state index is 0.499. The molecule has 0 atom stereocenters. The maximum atomic E-state index is 5.74. The Morgan fingerprint density at radius 3 is 0.875 bits per heavy atom. The average molecular weight is 543 g/mol. The lowest BCUT2D eigenvalue weighted by Gasteiger charge is -2.09. The third kappa shape index (κ3) is 10.8. The standard InChI is InChI=1S/C34H38O6/c1-3-7-29(8-4-1)31-11-15-33(16-12-31)39-27-25-37-23-21-35-19-20-36-22-24-38-26-28-40-34-17-13-32(14-18-34)30-9-5-2-6-10-30/h1-18H,19-28H2. The fourth-order valence-electron chi connectivity index (χ4n) is 3.95. The average Bonchev–Trinajstić information content (AvgIpc) is 3.02. The molecule has 0 aliphatic heterocycles. The summed E-state index contributed by atoms with van der Waals surface area (Å²) in [6, 6.07) is 36.8. The summed E-state index contributed by atoms with van der Waals surface area (Å²) < 4.78 is 33.7. The van der Waals surface area contributed by atoms with Crippen LogP contribution < -0.4 is 9.47 Å². The SMILES string of the molecule is c1ccc(-c2ccc(OCCOCCOCCOCCOCCOc3ccc(-c4ccccc4)cc3)cc2)cc1. The van der Waals surface area contributed by atoms with E-state index < -0.39 is 0 Å². The molecule has 0 N–H and O–H groups in total. The van der Waals surface area contributed by atoms with Gasteiger partial charge >= 0.3 is 0 Å². The highest BCUT2D eigenvalue weighted by Crippen LogP contribution is 2.23. The van der Waals surface area contributed by atoms with Crippen molar-refractivity contribution in [2.24, 2.45) is 0 Å². The van der Waals surface area contributed by atoms with E-state index in [2.05, 4.69) is 48.5 Å². The summed E-state index contributed by atoms with van der Waals surface area (Å²) in [4.78, 5) is 0. The topological polar surface area (TPSA) is 55.4 Å². The normalized spacial score (nSPS) is 10.9. The molecule has 210 valence electrons. The molecule has 0 saturated heterocycles. The lowest BCUT2D eigenvalue weighted by molar-refractivity contribution is -0.00698. The minimum Gasteiger partial charge on any atom is -0.491 e. The molecule has 6 nitrogen and oxygen atoms in total. The highest BCUT2D eigenvalue weighted by atomic mass is 16.6. The van der Waals surface area contributed by atoms with Gasteiger partial charge in [0.1, 0.15) is 24.7 Å². The van der Waals surface area contributed by atoms with Crippen molar-refractivity contribution >= 4 is 0 Å². The van der Waals surface area contributed by atoms with Crippen molar-refractivity contribution in [1.29, 1.82) is 0 Å². The van der Waals surface area contributed by atoms with Gasteiger partial charge in [-0.2, -0.15) is 0 Å². The molecular formula is C34H38O6. The van der Waals surface area contributed by atoms with Gasteiger partial charge in [0.25, 0.3) is 0 Å². The number of hydrogen-bond acceptors (Lipinski definition) is 6. The van der Waals surface area contributed by atoms with Gasteiger partial charge < -0.3 is 28.4 Å². The summed E-state index contributed by atoms with van der Waals surface area (Å²) in [5, 5.41) is 0. The Morgan fingerprint density at radius 2 is 0.550 bits per heavy atom. The van der Waals surface area contributed by atoms with E-state index in [0.717, 1.165) is 11.5 Å². The smallest absolute Gasteiger partial charge is 0.119 e. The van der Waals surface area contributed by atoms with Gasteiger partial charge in [-0.3, -0.25) is 0 Å². The molecule has 6 heteroatoms. The van der Waals surface area contributed by atoms with E-state index in [1.807, 2.05) is 60.7 Å². The van der Waals surface area contributed by atoms with Gasteiger partial charge in [0.05, 0.1) is 52.9 Å². The molecular weight excluding hydrogens is 504 g/mol. The third-order valence-electron chi connectivity index (χ3n) is 6.03. The Labute approximate surface area is 237 Å². The van der Waals surface area contributed by atoms with Crippen LogP contribution in [0.3, 0.4) is 0 Å². The molecule has 0 unspecified atom stereocenters. The molecule has 0 heterocycles. The first-order valence-electron chi connectivity index (χ1n) is 13.8. The summed E-state index contributed by atoms with van der Waals surface area (Å²) in [6.45, 7) is 5.16. The first-order valence-corrected chi connectivity index (χ1v) is 13.8. The second-order valence-corrected chi connectivity index (χ2v) is 8.93. The number of hydrogen-bond donors (Lipinski definition) is 0. The summed E-state index contributed by atoms with van der Waals surface area (Å²) >= 11 is 0. The molecule has 0 fully saturated rings. The summed E-state index contributed by atoms with van der Waals surface area (Å²) in [7, 11) is 0. The van der Waals surface area contributed by atoms with Gasteiger partial charge in [-0.05, 0) is 46.5 Å². The van der Waals surface area contributed by atoms with E-state index in [9.17, 15) is 0 Å². The lowest BCUT2D eigenvalue weighted by atomic mass is 10.1. The fourth-order valence-corrected chi connectivity index (χ4v) is 3.95. The van der Waals surface area contributed by atoms with Crippen LogP contribution in [-0.4, -0.2) is 66.1 Å². The van der Waals surface area contributed by atoms with Crippen molar-refractivity contribution in [1.82, 2.24) is 0 Å². The minimum atomic E-state index is 0.499. The monoisotopic (exact) mass is 542 g/mol. The molecule has 0 aliphatic rings. The number of benzene rings is 4. The Kier molecular flexibility index (Phi) is 13.1. The zero-order chi connectivity index (χ0) is 27.5. The first kappa shape index (κ1) is 29.3.